The van der Waals surface area contributed by atoms with Gasteiger partial charge >= 0.3 is 0 Å². The highest BCUT2D eigenvalue weighted by atomic mass is 35.5. The molecule has 7 nitrogen and oxygen atoms in total. The number of carbonyl (C=O) groups excluding carboxylic acids is 1. The average molecular weight is 614 g/mol. The molecule has 3 heterocycles. The Hall–Kier alpha value is -4.31. The lowest BCUT2D eigenvalue weighted by molar-refractivity contribution is -0.113. The highest BCUT2D eigenvalue weighted by molar-refractivity contribution is 7.99. The molecule has 1 N–H and O–H groups in total. The van der Waals surface area contributed by atoms with Gasteiger partial charge in [-0.2, -0.15) is 0 Å². The Morgan fingerprint density at radius 3 is 2.50 bits per heavy atom. The number of amides is 1. The van der Waals surface area contributed by atoms with Crippen LogP contribution in [0.25, 0.3) is 6.08 Å². The monoisotopic (exact) mass is 613 g/mol. The number of ether oxygens (including phenoxy) is 1. The van der Waals surface area contributed by atoms with Gasteiger partial charge < -0.3 is 14.5 Å². The van der Waals surface area contributed by atoms with E-state index in [1.165, 1.54) is 23.1 Å². The van der Waals surface area contributed by atoms with E-state index in [1.807, 2.05) is 91.0 Å². The molecule has 2 aromatic heterocycles. The van der Waals surface area contributed by atoms with Gasteiger partial charge in [0, 0.05) is 21.7 Å². The summed E-state index contributed by atoms with van der Waals surface area (Å²) >= 11 is 8.71. The Balaban J connectivity index is 1.40. The molecule has 0 saturated carbocycles. The summed E-state index contributed by atoms with van der Waals surface area (Å²) in [5.74, 6) is 0.884. The second-order valence-electron chi connectivity index (χ2n) is 9.39. The standard InChI is InChI=1S/C32H24ClN3O4S2/c1-19-28(30(37)35-22-6-4-3-5-7-22)29(20-8-12-23(39-2)13-9-20)36-31(38)26(42-32(36)34-19)18-24-14-17-27(40-24)41-25-15-10-21(33)11-16-25/h3-18,29H,1-2H3,(H,35,37)/b26-18+/t29-/m1/s1. The second kappa shape index (κ2) is 11.9. The lowest BCUT2D eigenvalue weighted by atomic mass is 9.95. The van der Waals surface area contributed by atoms with Crippen LogP contribution in [0.3, 0.4) is 0 Å². The number of hydrogen-bond donors (Lipinski definition) is 1. The fourth-order valence-electron chi connectivity index (χ4n) is 4.65. The number of aromatic nitrogens is 1. The van der Waals surface area contributed by atoms with E-state index >= 15 is 0 Å². The first kappa shape index (κ1) is 27.8. The molecular formula is C32H24ClN3O4S2. The van der Waals surface area contributed by atoms with Crippen molar-refractivity contribution in [2.75, 3.05) is 12.4 Å². The summed E-state index contributed by atoms with van der Waals surface area (Å²) in [6, 6.07) is 27.0. The van der Waals surface area contributed by atoms with E-state index in [0.717, 1.165) is 10.5 Å². The molecule has 0 aliphatic carbocycles. The molecule has 0 spiro atoms. The second-order valence-corrected chi connectivity index (χ2v) is 11.9. The molecule has 1 amide bonds. The van der Waals surface area contributed by atoms with Gasteiger partial charge in [0.1, 0.15) is 11.5 Å². The maximum atomic E-state index is 13.9. The maximum absolute atomic E-state index is 13.9. The molecule has 1 atom stereocenters. The molecule has 1 aliphatic heterocycles. The third-order valence-corrected chi connectivity index (χ3v) is 8.80. The highest BCUT2D eigenvalue weighted by Gasteiger charge is 2.32. The van der Waals surface area contributed by atoms with E-state index in [9.17, 15) is 9.59 Å². The van der Waals surface area contributed by atoms with Gasteiger partial charge in [-0.15, -0.1) is 0 Å². The molecule has 10 heteroatoms. The summed E-state index contributed by atoms with van der Waals surface area (Å²) in [5.41, 5.74) is 2.08. The number of rotatable bonds is 7. The van der Waals surface area contributed by atoms with E-state index in [-0.39, 0.29) is 11.5 Å². The number of thiazole rings is 1. The van der Waals surface area contributed by atoms with Crippen LogP contribution in [0.2, 0.25) is 5.02 Å². The quantitative estimate of drug-likeness (QED) is 0.234. The predicted octanol–water partition coefficient (Wildman–Crippen LogP) is 6.28. The van der Waals surface area contributed by atoms with Crippen molar-refractivity contribution in [3.63, 3.8) is 0 Å². The van der Waals surface area contributed by atoms with Crippen LogP contribution in [0.15, 0.2) is 126 Å². The SMILES string of the molecule is COc1ccc([C@@H]2C(C(=O)Nc3ccccc3)=C(C)N=c3s/c(=C/c4ccc(Sc5ccc(Cl)cc5)o4)c(=O)n32)cc1. The smallest absolute Gasteiger partial charge is 0.271 e. The van der Waals surface area contributed by atoms with Gasteiger partial charge in [0.05, 0.1) is 29.0 Å². The minimum Gasteiger partial charge on any atom is -0.497 e. The predicted molar refractivity (Wildman–Crippen MR) is 166 cm³/mol. The van der Waals surface area contributed by atoms with Gasteiger partial charge in [-0.1, -0.05) is 65.0 Å². The van der Waals surface area contributed by atoms with Crippen LogP contribution in [0, 0.1) is 0 Å². The number of halogens is 1. The van der Waals surface area contributed by atoms with Crippen molar-refractivity contribution >= 4 is 52.4 Å². The first-order valence-electron chi connectivity index (χ1n) is 13.0. The maximum Gasteiger partial charge on any atom is 0.271 e. The van der Waals surface area contributed by atoms with E-state index < -0.39 is 6.04 Å². The molecule has 0 saturated heterocycles. The fourth-order valence-corrected chi connectivity index (χ4v) is 6.58. The first-order valence-corrected chi connectivity index (χ1v) is 15.0. The van der Waals surface area contributed by atoms with Gasteiger partial charge in [-0.25, -0.2) is 4.99 Å². The minimum absolute atomic E-state index is 0.264. The van der Waals surface area contributed by atoms with Crippen molar-refractivity contribution < 1.29 is 13.9 Å². The lowest BCUT2D eigenvalue weighted by Gasteiger charge is -2.25. The van der Waals surface area contributed by atoms with Crippen molar-refractivity contribution in [1.82, 2.24) is 4.57 Å². The van der Waals surface area contributed by atoms with Crippen LogP contribution in [-0.2, 0) is 4.79 Å². The third kappa shape index (κ3) is 5.72. The van der Waals surface area contributed by atoms with Crippen LogP contribution in [0.4, 0.5) is 5.69 Å². The lowest BCUT2D eigenvalue weighted by Crippen LogP contribution is -2.40. The summed E-state index contributed by atoms with van der Waals surface area (Å²) in [6.07, 6.45) is 1.71. The minimum atomic E-state index is -0.689. The number of carbonyl (C=O) groups is 1. The number of furan rings is 1. The number of benzene rings is 3. The van der Waals surface area contributed by atoms with Crippen molar-refractivity contribution in [3.05, 3.63) is 138 Å². The molecule has 0 bridgehead atoms. The molecule has 3 aromatic carbocycles. The van der Waals surface area contributed by atoms with Crippen LogP contribution >= 0.6 is 34.7 Å². The van der Waals surface area contributed by atoms with Crippen molar-refractivity contribution in [2.45, 2.75) is 23.0 Å². The molecule has 210 valence electrons. The number of fused-ring (bicyclic) bond motifs is 1. The molecular weight excluding hydrogens is 590 g/mol. The molecule has 0 fully saturated rings. The van der Waals surface area contributed by atoms with Crippen molar-refractivity contribution in [2.24, 2.45) is 4.99 Å². The average Bonchev–Trinajstić information content (AvgIpc) is 3.57. The number of nitrogens with one attached hydrogen (secondary N) is 1. The van der Waals surface area contributed by atoms with Gasteiger partial charge in [0.25, 0.3) is 11.5 Å². The Kier molecular flexibility index (Phi) is 7.88. The number of nitrogens with zero attached hydrogens (tertiary/aromatic N) is 2. The zero-order valence-electron chi connectivity index (χ0n) is 22.5. The zero-order chi connectivity index (χ0) is 29.2. The normalized spacial score (nSPS) is 14.8. The number of anilines is 1. The summed E-state index contributed by atoms with van der Waals surface area (Å²) < 4.78 is 13.4. The summed E-state index contributed by atoms with van der Waals surface area (Å²) in [6.45, 7) is 1.79. The Labute approximate surface area is 254 Å². The number of hydrogen-bond acceptors (Lipinski definition) is 7. The first-order chi connectivity index (χ1) is 20.4. The van der Waals surface area contributed by atoms with Gasteiger partial charge in [0.15, 0.2) is 9.89 Å². The topological polar surface area (TPSA) is 85.8 Å². The Morgan fingerprint density at radius 2 is 1.79 bits per heavy atom. The van der Waals surface area contributed by atoms with Gasteiger partial charge in [-0.05, 0) is 73.2 Å². The van der Waals surface area contributed by atoms with Gasteiger partial charge in [0.2, 0.25) is 0 Å². The van der Waals surface area contributed by atoms with Crippen LogP contribution in [-0.4, -0.2) is 17.6 Å². The van der Waals surface area contributed by atoms with E-state index in [2.05, 4.69) is 5.32 Å². The van der Waals surface area contributed by atoms with E-state index in [0.29, 0.717) is 47.9 Å². The van der Waals surface area contributed by atoms with Crippen molar-refractivity contribution in [1.29, 1.82) is 0 Å². The molecule has 6 rings (SSSR count). The molecule has 0 radical (unpaired) electrons. The molecule has 5 aromatic rings. The molecule has 42 heavy (non-hydrogen) atoms. The highest BCUT2D eigenvalue weighted by Crippen LogP contribution is 2.32. The number of allylic oxidation sites excluding steroid dienone is 1. The van der Waals surface area contributed by atoms with Crippen LogP contribution in [0.5, 0.6) is 5.75 Å². The Morgan fingerprint density at radius 1 is 1.05 bits per heavy atom. The third-order valence-electron chi connectivity index (χ3n) is 6.64. The van der Waals surface area contributed by atoms with E-state index in [4.69, 9.17) is 25.7 Å². The summed E-state index contributed by atoms with van der Waals surface area (Å²) in [7, 11) is 1.59. The largest absolute Gasteiger partial charge is 0.497 e. The zero-order valence-corrected chi connectivity index (χ0v) is 24.9. The Bertz CT molecular complexity index is 1980. The number of methoxy groups -OCH3 is 1. The van der Waals surface area contributed by atoms with Gasteiger partial charge in [-0.3, -0.25) is 14.2 Å². The van der Waals surface area contributed by atoms with E-state index in [1.54, 1.807) is 24.7 Å². The fraction of sp³-hybridized carbons (Fsp3) is 0.0938. The molecule has 0 unspecified atom stereocenters. The summed E-state index contributed by atoms with van der Waals surface area (Å²) in [4.78, 5) is 33.8. The van der Waals surface area contributed by atoms with Crippen LogP contribution in [0.1, 0.15) is 24.3 Å². The molecule has 1 aliphatic rings. The summed E-state index contributed by atoms with van der Waals surface area (Å²) in [5, 5.41) is 4.31. The van der Waals surface area contributed by atoms with Crippen LogP contribution < -0.4 is 24.9 Å². The van der Waals surface area contributed by atoms with Crippen molar-refractivity contribution in [3.8, 4) is 5.75 Å². The number of para-hydroxylation sites is 1.